The van der Waals surface area contributed by atoms with Gasteiger partial charge in [-0.05, 0) is 146 Å². The van der Waals surface area contributed by atoms with Gasteiger partial charge in [0.2, 0.25) is 0 Å². The Morgan fingerprint density at radius 2 is 1.23 bits per heavy atom. The van der Waals surface area contributed by atoms with Crippen molar-refractivity contribution in [3.63, 3.8) is 0 Å². The predicted octanol–water partition coefficient (Wildman–Crippen LogP) is 14.8. The van der Waals surface area contributed by atoms with Crippen molar-refractivity contribution in [3.8, 4) is 11.1 Å². The lowest BCUT2D eigenvalue weighted by atomic mass is 9.82. The fourth-order valence-corrected chi connectivity index (χ4v) is 7.75. The molecule has 0 amide bonds. The van der Waals surface area contributed by atoms with Crippen LogP contribution in [0.3, 0.4) is 0 Å². The second-order valence-corrected chi connectivity index (χ2v) is 15.3. The van der Waals surface area contributed by atoms with Gasteiger partial charge < -0.3 is 14.4 Å². The van der Waals surface area contributed by atoms with Gasteiger partial charge in [-0.1, -0.05) is 118 Å². The number of hydrogen-bond donors (Lipinski definition) is 0. The van der Waals surface area contributed by atoms with Crippen molar-refractivity contribution in [1.29, 1.82) is 0 Å². The predicted molar refractivity (Wildman–Crippen MR) is 242 cm³/mol. The molecule has 280 valence electrons. The summed E-state index contributed by atoms with van der Waals surface area (Å²) in [5.41, 5.74) is 17.7. The number of aromatic nitrogens is 1. The number of anilines is 5. The molecule has 0 fully saturated rings. The highest BCUT2D eigenvalue weighted by molar-refractivity contribution is 5.87. The van der Waals surface area contributed by atoms with E-state index >= 15 is 0 Å². The summed E-state index contributed by atoms with van der Waals surface area (Å²) < 4.78 is 2.23. The Kier molecular flexibility index (Phi) is 11.0. The molecule has 0 spiro atoms. The van der Waals surface area contributed by atoms with E-state index in [-0.39, 0.29) is 5.41 Å². The Morgan fingerprint density at radius 1 is 0.661 bits per heavy atom. The zero-order chi connectivity index (χ0) is 39.4. The van der Waals surface area contributed by atoms with Gasteiger partial charge in [-0.3, -0.25) is 0 Å². The largest absolute Gasteiger partial charge is 0.348 e. The molecule has 1 aromatic heterocycles. The van der Waals surface area contributed by atoms with E-state index in [2.05, 4.69) is 233 Å². The van der Waals surface area contributed by atoms with Crippen LogP contribution in [-0.4, -0.2) is 4.57 Å². The third kappa shape index (κ3) is 7.50. The van der Waals surface area contributed by atoms with Crippen LogP contribution < -0.4 is 9.80 Å². The highest BCUT2D eigenvalue weighted by atomic mass is 15.1. The Hall–Kier alpha value is -6.32. The van der Waals surface area contributed by atoms with E-state index in [1.807, 2.05) is 6.08 Å². The molecule has 7 rings (SSSR count). The van der Waals surface area contributed by atoms with Gasteiger partial charge in [0.05, 0.1) is 0 Å². The molecular formula is C53H53N3. The van der Waals surface area contributed by atoms with Crippen LogP contribution in [0.4, 0.5) is 28.4 Å². The Labute approximate surface area is 334 Å². The molecule has 1 aliphatic rings. The van der Waals surface area contributed by atoms with Gasteiger partial charge in [0.1, 0.15) is 0 Å². The average Bonchev–Trinajstić information content (AvgIpc) is 3.68. The zero-order valence-electron chi connectivity index (χ0n) is 33.9. The van der Waals surface area contributed by atoms with Crippen molar-refractivity contribution in [2.24, 2.45) is 7.05 Å². The van der Waals surface area contributed by atoms with Crippen molar-refractivity contribution in [2.45, 2.75) is 53.4 Å². The average molecular weight is 732 g/mol. The molecular weight excluding hydrogens is 679 g/mol. The molecule has 1 aliphatic carbocycles. The first kappa shape index (κ1) is 38.0. The quantitative estimate of drug-likeness (QED) is 0.116. The van der Waals surface area contributed by atoms with Gasteiger partial charge in [0.25, 0.3) is 0 Å². The highest BCUT2D eigenvalue weighted by Crippen LogP contribution is 2.52. The van der Waals surface area contributed by atoms with Crippen LogP contribution in [0, 0.1) is 6.92 Å². The van der Waals surface area contributed by atoms with E-state index in [1.54, 1.807) is 0 Å². The number of nitrogens with zero attached hydrogens (tertiary/aromatic N) is 3. The van der Waals surface area contributed by atoms with Crippen LogP contribution in [0.5, 0.6) is 0 Å². The topological polar surface area (TPSA) is 11.4 Å². The van der Waals surface area contributed by atoms with E-state index in [9.17, 15) is 0 Å². The van der Waals surface area contributed by atoms with E-state index in [4.69, 9.17) is 0 Å². The van der Waals surface area contributed by atoms with Gasteiger partial charge in [-0.25, -0.2) is 0 Å². The van der Waals surface area contributed by atoms with Crippen LogP contribution in [0.1, 0.15) is 69.1 Å². The normalized spacial score (nSPS) is 13.8. The van der Waals surface area contributed by atoms with Crippen molar-refractivity contribution >= 4 is 40.1 Å². The summed E-state index contributed by atoms with van der Waals surface area (Å²) in [4.78, 5) is 4.68. The summed E-state index contributed by atoms with van der Waals surface area (Å²) in [6.07, 6.45) is 13.9. The third-order valence-electron chi connectivity index (χ3n) is 11.3. The molecule has 0 atom stereocenters. The third-order valence-corrected chi connectivity index (χ3v) is 11.3. The fourth-order valence-electron chi connectivity index (χ4n) is 7.75. The van der Waals surface area contributed by atoms with E-state index < -0.39 is 0 Å². The van der Waals surface area contributed by atoms with E-state index in [0.717, 1.165) is 40.6 Å². The number of aryl methyl sites for hydroxylation is 1. The van der Waals surface area contributed by atoms with Gasteiger partial charge in [0, 0.05) is 58.0 Å². The molecule has 0 unspecified atom stereocenters. The van der Waals surface area contributed by atoms with Gasteiger partial charge >= 0.3 is 0 Å². The summed E-state index contributed by atoms with van der Waals surface area (Å²) in [5, 5.41) is 0. The molecule has 0 bridgehead atoms. The summed E-state index contributed by atoms with van der Waals surface area (Å²) in [6, 6.07) is 48.4. The Balaban J connectivity index is 1.27. The molecule has 0 radical (unpaired) electrons. The van der Waals surface area contributed by atoms with Crippen LogP contribution in [0.25, 0.3) is 22.8 Å². The van der Waals surface area contributed by atoms with Crippen molar-refractivity contribution in [2.75, 3.05) is 9.80 Å². The lowest BCUT2D eigenvalue weighted by molar-refractivity contribution is 0.660. The first-order chi connectivity index (χ1) is 27.1. The van der Waals surface area contributed by atoms with Crippen molar-refractivity contribution in [3.05, 3.63) is 210 Å². The number of fused-ring (bicyclic) bond motifs is 3. The second-order valence-electron chi connectivity index (χ2n) is 15.3. The Morgan fingerprint density at radius 3 is 1.82 bits per heavy atom. The SMILES string of the molecule is C=C/C(=C\C=C(/C)c1ccc(C)n1C)N(c1ccccc1)c1ccc2c(c1)C(C)(C)c1cc(N(c3ccccc3)c3ccc(/C=C/C=C(/C)CC)cc3)ccc1-2. The molecule has 56 heavy (non-hydrogen) atoms. The van der Waals surface area contributed by atoms with E-state index in [0.29, 0.717) is 0 Å². The Bertz CT molecular complexity index is 2470. The zero-order valence-corrected chi connectivity index (χ0v) is 33.9. The number of hydrogen-bond acceptors (Lipinski definition) is 2. The standard InChI is InChI=1S/C53H53N3/c1-9-38(3)18-17-19-41-26-29-45(30-27-41)56(44-22-15-12-16-23-44)47-32-34-49-48-33-31-46(36-50(48)53(6,7)51(49)37-47)55(43-20-13-11-14-21-43)42(10-2)28-24-39(4)52-35-25-40(5)54(52)8/h10-37H,2,9H2,1,3-8H3/b19-17+,38-18-,39-24+,42-28+. The maximum Gasteiger partial charge on any atom is 0.0465 e. The second kappa shape index (κ2) is 16.2. The summed E-state index contributed by atoms with van der Waals surface area (Å²) in [7, 11) is 2.12. The minimum absolute atomic E-state index is 0.237. The smallest absolute Gasteiger partial charge is 0.0465 e. The minimum Gasteiger partial charge on any atom is -0.348 e. The maximum atomic E-state index is 4.29. The molecule has 3 nitrogen and oxygen atoms in total. The fraction of sp³-hybridized carbons (Fsp3) is 0.170. The summed E-state index contributed by atoms with van der Waals surface area (Å²) in [6.45, 7) is 17.7. The van der Waals surface area contributed by atoms with Crippen molar-refractivity contribution < 1.29 is 0 Å². The number of rotatable bonds is 12. The van der Waals surface area contributed by atoms with Gasteiger partial charge in [-0.15, -0.1) is 0 Å². The number of benzene rings is 5. The molecule has 0 aliphatic heterocycles. The molecule has 6 aromatic rings. The number of para-hydroxylation sites is 2. The van der Waals surface area contributed by atoms with Crippen LogP contribution in [0.2, 0.25) is 0 Å². The van der Waals surface area contributed by atoms with E-state index in [1.165, 1.54) is 50.4 Å². The van der Waals surface area contributed by atoms with Crippen LogP contribution >= 0.6 is 0 Å². The highest BCUT2D eigenvalue weighted by Gasteiger charge is 2.37. The van der Waals surface area contributed by atoms with Gasteiger partial charge in [0.15, 0.2) is 0 Å². The molecule has 3 heteroatoms. The monoisotopic (exact) mass is 731 g/mol. The first-order valence-electron chi connectivity index (χ1n) is 19.7. The molecule has 0 N–H and O–H groups in total. The lowest BCUT2D eigenvalue weighted by Crippen LogP contribution is -2.19. The van der Waals surface area contributed by atoms with Gasteiger partial charge in [-0.2, -0.15) is 0 Å². The molecule has 5 aromatic carbocycles. The first-order valence-corrected chi connectivity index (χ1v) is 19.7. The lowest BCUT2D eigenvalue weighted by Gasteiger charge is -2.29. The minimum atomic E-state index is -0.237. The number of allylic oxidation sites excluding steroid dienone is 7. The maximum absolute atomic E-state index is 4.29. The van der Waals surface area contributed by atoms with Crippen LogP contribution in [0.15, 0.2) is 182 Å². The van der Waals surface area contributed by atoms with Crippen molar-refractivity contribution in [1.82, 2.24) is 4.57 Å². The molecule has 0 saturated heterocycles. The molecule has 0 saturated carbocycles. The molecule has 1 heterocycles. The summed E-state index contributed by atoms with van der Waals surface area (Å²) in [5.74, 6) is 0. The summed E-state index contributed by atoms with van der Waals surface area (Å²) >= 11 is 0. The van der Waals surface area contributed by atoms with Crippen LogP contribution in [-0.2, 0) is 12.5 Å².